The van der Waals surface area contributed by atoms with E-state index in [1.54, 1.807) is 6.08 Å². The summed E-state index contributed by atoms with van der Waals surface area (Å²) in [6, 6.07) is -1.14. The molecule has 1 fully saturated rings. The van der Waals surface area contributed by atoms with Crippen LogP contribution in [0.4, 0.5) is 0 Å². The largest absolute Gasteiger partial charge is 0.397 e. The second-order valence-corrected chi connectivity index (χ2v) is 17.9. The molecule has 0 bridgehead atoms. The molecule has 1 aliphatic rings. The van der Waals surface area contributed by atoms with Gasteiger partial charge in [0.25, 0.3) is 0 Å². The summed E-state index contributed by atoms with van der Waals surface area (Å²) in [5, 5.41) is 55.2. The number of nitrogens with one attached hydrogen (secondary N) is 1. The van der Waals surface area contributed by atoms with Gasteiger partial charge in [0.15, 0.2) is 6.29 Å². The topological polar surface area (TPSA) is 212 Å². The number of hydrogen-bond donors (Lipinski definition) is 7. The molecule has 1 amide bonds. The Labute approximate surface area is 369 Å². The normalized spacial score (nSPS) is 21.5. The molecule has 8 atom stereocenters. The molecule has 13 nitrogen and oxygen atoms in total. The standard InChI is InChI=1S/C47H87NO12S/c1-3-5-7-9-11-13-15-17-18-19-20-21-22-24-26-28-30-32-34-36-41(51)46(54)48-39(40(50)35-33-31-29-27-25-23-16-14-12-10-8-6-4-2)38-58-47-44(53)45(60-61(55,56)57)43(52)42(37-49)59-47/h12,14,25,27,33,35,39-45,47,49-53H,3-11,13,15-24,26,28-32,34,36-38H2,1-2H3,(H,48,54)(H,55,56,57)/b14-12+,27-25+,35-33+. The molecule has 61 heavy (non-hydrogen) atoms. The van der Waals surface area contributed by atoms with Crippen LogP contribution in [0.3, 0.4) is 0 Å². The molecule has 0 radical (unpaired) electrons. The van der Waals surface area contributed by atoms with Crippen LogP contribution in [0.25, 0.3) is 0 Å². The molecular weight excluding hydrogens is 803 g/mol. The summed E-state index contributed by atoms with van der Waals surface area (Å²) >= 11 is 0. The fraction of sp³-hybridized carbons (Fsp3) is 0.851. The van der Waals surface area contributed by atoms with E-state index < -0.39 is 78.5 Å². The molecule has 0 saturated carbocycles. The van der Waals surface area contributed by atoms with Crippen LogP contribution in [-0.2, 0) is 28.9 Å². The summed E-state index contributed by atoms with van der Waals surface area (Å²) < 4.78 is 47.5. The smallest absolute Gasteiger partial charge is 0.394 e. The van der Waals surface area contributed by atoms with Crippen molar-refractivity contribution >= 4 is 16.3 Å². The van der Waals surface area contributed by atoms with Crippen molar-refractivity contribution in [3.8, 4) is 0 Å². The number of carbonyl (C=O) groups excluding carboxylic acids is 1. The summed E-state index contributed by atoms with van der Waals surface area (Å²) in [7, 11) is -5.12. The van der Waals surface area contributed by atoms with Gasteiger partial charge in [-0.2, -0.15) is 8.42 Å². The van der Waals surface area contributed by atoms with Gasteiger partial charge in [-0.3, -0.25) is 9.35 Å². The predicted octanol–water partition coefficient (Wildman–Crippen LogP) is 8.47. The van der Waals surface area contributed by atoms with Crippen molar-refractivity contribution in [1.82, 2.24) is 5.32 Å². The van der Waals surface area contributed by atoms with Crippen molar-refractivity contribution in [2.24, 2.45) is 0 Å². The summed E-state index contributed by atoms with van der Waals surface area (Å²) in [5.74, 6) is -0.716. The number of aliphatic hydroxyl groups is 5. The Morgan fingerprint density at radius 2 is 1.10 bits per heavy atom. The average molecular weight is 890 g/mol. The van der Waals surface area contributed by atoms with E-state index in [0.29, 0.717) is 12.8 Å². The number of aliphatic hydroxyl groups excluding tert-OH is 5. The van der Waals surface area contributed by atoms with E-state index in [4.69, 9.17) is 9.47 Å². The maximum absolute atomic E-state index is 13.1. The summed E-state index contributed by atoms with van der Waals surface area (Å²) in [6.07, 6.45) is 32.3. The van der Waals surface area contributed by atoms with Crippen molar-refractivity contribution in [2.45, 2.75) is 243 Å². The Morgan fingerprint density at radius 3 is 1.57 bits per heavy atom. The number of amides is 1. The molecule has 14 heteroatoms. The van der Waals surface area contributed by atoms with Crippen LogP contribution in [0.1, 0.15) is 194 Å². The number of ether oxygens (including phenoxy) is 2. The van der Waals surface area contributed by atoms with Crippen LogP contribution in [0.15, 0.2) is 36.5 Å². The minimum absolute atomic E-state index is 0.236. The first-order valence-electron chi connectivity index (χ1n) is 24.0. The molecule has 0 aromatic rings. The lowest BCUT2D eigenvalue weighted by Crippen LogP contribution is -2.61. The highest BCUT2D eigenvalue weighted by atomic mass is 32.3. The van der Waals surface area contributed by atoms with E-state index in [0.717, 1.165) is 44.9 Å². The maximum Gasteiger partial charge on any atom is 0.397 e. The van der Waals surface area contributed by atoms with Crippen molar-refractivity contribution in [3.05, 3.63) is 36.5 Å². The third-order valence-electron chi connectivity index (χ3n) is 11.3. The first-order chi connectivity index (χ1) is 29.4. The van der Waals surface area contributed by atoms with Gasteiger partial charge in [-0.25, -0.2) is 4.18 Å². The van der Waals surface area contributed by atoms with E-state index >= 15 is 0 Å². The molecule has 1 heterocycles. The third kappa shape index (κ3) is 30.1. The molecule has 1 saturated heterocycles. The average Bonchev–Trinajstić information content (AvgIpc) is 3.23. The highest BCUT2D eigenvalue weighted by molar-refractivity contribution is 7.80. The van der Waals surface area contributed by atoms with Crippen LogP contribution in [-0.4, -0.2) is 107 Å². The Bertz CT molecular complexity index is 1250. The zero-order chi connectivity index (χ0) is 45.0. The zero-order valence-electron chi connectivity index (χ0n) is 37.8. The Balaban J connectivity index is 2.55. The maximum atomic E-state index is 13.1. The number of carbonyl (C=O) groups is 1. The summed E-state index contributed by atoms with van der Waals surface area (Å²) in [5.41, 5.74) is 0. The minimum Gasteiger partial charge on any atom is -0.394 e. The summed E-state index contributed by atoms with van der Waals surface area (Å²) in [4.78, 5) is 13.1. The summed E-state index contributed by atoms with van der Waals surface area (Å²) in [6.45, 7) is 3.16. The van der Waals surface area contributed by atoms with Gasteiger partial charge in [-0.05, 0) is 44.9 Å². The Hall–Kier alpha value is -1.72. The highest BCUT2D eigenvalue weighted by Crippen LogP contribution is 2.26. The van der Waals surface area contributed by atoms with Gasteiger partial charge in [0.05, 0.1) is 25.4 Å². The lowest BCUT2D eigenvalue weighted by molar-refractivity contribution is -0.298. The number of rotatable bonds is 40. The SMILES string of the molecule is CCCCC/C=C/CC/C=C/CC/C=C/C(O)C(COC1OC(CO)C(O)C(OS(=O)(=O)O)C1O)NC(=O)C(O)CCCCCCCCCCCCCCCCCCCCC. The predicted molar refractivity (Wildman–Crippen MR) is 242 cm³/mol. The van der Waals surface area contributed by atoms with E-state index in [1.165, 1.54) is 122 Å². The lowest BCUT2D eigenvalue weighted by Gasteiger charge is -2.41. The van der Waals surface area contributed by atoms with Crippen molar-refractivity contribution in [3.63, 3.8) is 0 Å². The minimum atomic E-state index is -5.12. The van der Waals surface area contributed by atoms with Gasteiger partial charge in [0.2, 0.25) is 5.91 Å². The number of allylic oxidation sites excluding steroid dienone is 5. The fourth-order valence-corrected chi connectivity index (χ4v) is 7.94. The van der Waals surface area contributed by atoms with Crippen molar-refractivity contribution < 1.29 is 57.0 Å². The molecule has 0 aromatic carbocycles. The molecule has 0 aliphatic carbocycles. The zero-order valence-corrected chi connectivity index (χ0v) is 38.7. The molecule has 1 rings (SSSR count). The fourth-order valence-electron chi connectivity index (χ4n) is 7.43. The Kier molecular flexibility index (Phi) is 35.4. The molecule has 7 N–H and O–H groups in total. The van der Waals surface area contributed by atoms with Gasteiger partial charge in [-0.15, -0.1) is 0 Å². The highest BCUT2D eigenvalue weighted by Gasteiger charge is 2.48. The van der Waals surface area contributed by atoms with Crippen LogP contribution in [0.5, 0.6) is 0 Å². The first kappa shape index (κ1) is 57.3. The van der Waals surface area contributed by atoms with Crippen molar-refractivity contribution in [1.29, 1.82) is 0 Å². The van der Waals surface area contributed by atoms with Gasteiger partial charge < -0.3 is 40.3 Å². The molecule has 0 aromatic heterocycles. The van der Waals surface area contributed by atoms with Crippen LogP contribution in [0.2, 0.25) is 0 Å². The van der Waals surface area contributed by atoms with Gasteiger partial charge in [0.1, 0.15) is 30.5 Å². The van der Waals surface area contributed by atoms with Gasteiger partial charge in [0, 0.05) is 0 Å². The van der Waals surface area contributed by atoms with Gasteiger partial charge in [-0.1, -0.05) is 185 Å². The molecular formula is C47H87NO12S. The van der Waals surface area contributed by atoms with E-state index in [1.807, 2.05) is 0 Å². The van der Waals surface area contributed by atoms with E-state index in [-0.39, 0.29) is 6.42 Å². The molecule has 8 unspecified atom stereocenters. The molecule has 0 spiro atoms. The van der Waals surface area contributed by atoms with Crippen LogP contribution >= 0.6 is 0 Å². The third-order valence-corrected chi connectivity index (χ3v) is 11.7. The second kappa shape index (κ2) is 37.6. The Morgan fingerprint density at radius 1 is 0.656 bits per heavy atom. The quantitative estimate of drug-likeness (QED) is 0.0175. The van der Waals surface area contributed by atoms with Crippen LogP contribution < -0.4 is 5.32 Å². The van der Waals surface area contributed by atoms with Crippen LogP contribution in [0, 0.1) is 0 Å². The van der Waals surface area contributed by atoms with Gasteiger partial charge >= 0.3 is 10.4 Å². The van der Waals surface area contributed by atoms with Crippen molar-refractivity contribution in [2.75, 3.05) is 13.2 Å². The first-order valence-corrected chi connectivity index (χ1v) is 25.3. The second-order valence-electron chi connectivity index (χ2n) is 16.8. The number of unbranched alkanes of at least 4 members (excludes halogenated alkanes) is 23. The number of hydrogen-bond acceptors (Lipinski definition) is 11. The van der Waals surface area contributed by atoms with E-state index in [2.05, 4.69) is 47.7 Å². The molecule has 358 valence electrons. The molecule has 1 aliphatic heterocycles. The lowest BCUT2D eigenvalue weighted by atomic mass is 9.99. The van der Waals surface area contributed by atoms with E-state index in [9.17, 15) is 43.3 Å². The monoisotopic (exact) mass is 890 g/mol.